The topological polar surface area (TPSA) is 28.7 Å². The van der Waals surface area contributed by atoms with E-state index in [4.69, 9.17) is 11.6 Å². The van der Waals surface area contributed by atoms with E-state index in [2.05, 4.69) is 38.0 Å². The second kappa shape index (κ2) is 4.81. The average molecular weight is 286 g/mol. The van der Waals surface area contributed by atoms with Crippen molar-refractivity contribution in [2.24, 2.45) is 0 Å². The number of nitrogens with zero attached hydrogens (tertiary/aromatic N) is 1. The molecule has 2 aromatic rings. The lowest BCUT2D eigenvalue weighted by molar-refractivity contribution is 1.01. The first-order chi connectivity index (χ1) is 7.28. The van der Waals surface area contributed by atoms with Crippen LogP contribution >= 0.6 is 27.5 Å². The van der Waals surface area contributed by atoms with Gasteiger partial charge in [0.2, 0.25) is 0 Å². The van der Waals surface area contributed by atoms with Gasteiger partial charge in [-0.05, 0) is 17.7 Å². The Labute approximate surface area is 102 Å². The first-order valence-electron chi connectivity index (χ1n) is 4.61. The average Bonchev–Trinajstić information content (AvgIpc) is 2.69. The summed E-state index contributed by atoms with van der Waals surface area (Å²) in [5, 5.41) is 0. The molecule has 0 aliphatic heterocycles. The van der Waals surface area contributed by atoms with Gasteiger partial charge in [0.15, 0.2) is 0 Å². The number of aromatic amines is 1. The standard InChI is InChI=1S/C11H10BrClN2/c12-9-3-1-8(2-4-9)5-11-14-7-10(6-13)15-11/h1-4,7H,5-6H2,(H,14,15). The van der Waals surface area contributed by atoms with Gasteiger partial charge in [0.05, 0.1) is 5.88 Å². The second-order valence-corrected chi connectivity index (χ2v) is 4.47. The molecule has 0 unspecified atom stereocenters. The van der Waals surface area contributed by atoms with Crippen LogP contribution in [0.15, 0.2) is 34.9 Å². The van der Waals surface area contributed by atoms with Gasteiger partial charge in [-0.25, -0.2) is 4.98 Å². The second-order valence-electron chi connectivity index (χ2n) is 3.29. The number of hydrogen-bond donors (Lipinski definition) is 1. The maximum Gasteiger partial charge on any atom is 0.110 e. The number of benzene rings is 1. The Kier molecular flexibility index (Phi) is 3.44. The van der Waals surface area contributed by atoms with Crippen LogP contribution in [0.3, 0.4) is 0 Å². The molecular formula is C11H10BrClN2. The number of rotatable bonds is 3. The number of nitrogens with one attached hydrogen (secondary N) is 1. The van der Waals surface area contributed by atoms with E-state index in [-0.39, 0.29) is 0 Å². The molecule has 1 heterocycles. The number of halogens is 2. The molecule has 0 aliphatic carbocycles. The third kappa shape index (κ3) is 2.83. The molecular weight excluding hydrogens is 275 g/mol. The molecule has 1 N–H and O–H groups in total. The highest BCUT2D eigenvalue weighted by Gasteiger charge is 2.01. The maximum atomic E-state index is 5.69. The summed E-state index contributed by atoms with van der Waals surface area (Å²) < 4.78 is 1.09. The van der Waals surface area contributed by atoms with Gasteiger partial charge in [-0.3, -0.25) is 0 Å². The summed E-state index contributed by atoms with van der Waals surface area (Å²) in [6.45, 7) is 0. The van der Waals surface area contributed by atoms with Crippen molar-refractivity contribution in [3.8, 4) is 0 Å². The Morgan fingerprint density at radius 2 is 2.00 bits per heavy atom. The summed E-state index contributed by atoms with van der Waals surface area (Å²) in [5.41, 5.74) is 2.19. The van der Waals surface area contributed by atoms with Crippen LogP contribution in [0.5, 0.6) is 0 Å². The van der Waals surface area contributed by atoms with Crippen molar-refractivity contribution in [1.82, 2.24) is 9.97 Å². The zero-order valence-corrected chi connectivity index (χ0v) is 10.3. The van der Waals surface area contributed by atoms with E-state index in [1.165, 1.54) is 5.56 Å². The molecule has 0 amide bonds. The van der Waals surface area contributed by atoms with Crippen molar-refractivity contribution in [1.29, 1.82) is 0 Å². The van der Waals surface area contributed by atoms with Gasteiger partial charge in [0.1, 0.15) is 5.82 Å². The van der Waals surface area contributed by atoms with Crippen LogP contribution in [0.1, 0.15) is 17.1 Å². The summed E-state index contributed by atoms with van der Waals surface area (Å²) in [7, 11) is 0. The normalized spacial score (nSPS) is 10.5. The highest BCUT2D eigenvalue weighted by molar-refractivity contribution is 9.10. The number of imidazole rings is 1. The minimum Gasteiger partial charge on any atom is -0.345 e. The van der Waals surface area contributed by atoms with Crippen LogP contribution in [-0.4, -0.2) is 9.97 Å². The van der Waals surface area contributed by atoms with Gasteiger partial charge >= 0.3 is 0 Å². The highest BCUT2D eigenvalue weighted by atomic mass is 79.9. The van der Waals surface area contributed by atoms with Crippen molar-refractivity contribution in [2.45, 2.75) is 12.3 Å². The van der Waals surface area contributed by atoms with Gasteiger partial charge in [0.25, 0.3) is 0 Å². The lowest BCUT2D eigenvalue weighted by Gasteiger charge is -1.98. The minimum atomic E-state index is 0.480. The van der Waals surface area contributed by atoms with Gasteiger partial charge in [-0.15, -0.1) is 11.6 Å². The van der Waals surface area contributed by atoms with Crippen LogP contribution in [0.25, 0.3) is 0 Å². The van der Waals surface area contributed by atoms with Gasteiger partial charge in [-0.1, -0.05) is 28.1 Å². The molecule has 78 valence electrons. The largest absolute Gasteiger partial charge is 0.345 e. The molecule has 0 atom stereocenters. The third-order valence-electron chi connectivity index (χ3n) is 2.11. The van der Waals surface area contributed by atoms with E-state index in [1.807, 2.05) is 12.1 Å². The van der Waals surface area contributed by atoms with Crippen LogP contribution in [0, 0.1) is 0 Å². The number of alkyl halides is 1. The molecule has 0 saturated carbocycles. The Hall–Kier alpha value is -0.800. The van der Waals surface area contributed by atoms with Crippen LogP contribution in [0.4, 0.5) is 0 Å². The first-order valence-corrected chi connectivity index (χ1v) is 5.94. The fourth-order valence-corrected chi connectivity index (χ4v) is 1.76. The third-order valence-corrected chi connectivity index (χ3v) is 2.93. The maximum absolute atomic E-state index is 5.69. The van der Waals surface area contributed by atoms with E-state index < -0.39 is 0 Å². The number of H-pyrrole nitrogens is 1. The fourth-order valence-electron chi connectivity index (χ4n) is 1.36. The summed E-state index contributed by atoms with van der Waals surface area (Å²) in [5.74, 6) is 1.43. The predicted molar refractivity (Wildman–Crippen MR) is 65.1 cm³/mol. The van der Waals surface area contributed by atoms with Crippen molar-refractivity contribution in [2.75, 3.05) is 0 Å². The SMILES string of the molecule is ClCc1cnc(Cc2ccc(Br)cc2)[nH]1. The van der Waals surface area contributed by atoms with Gasteiger partial charge in [-0.2, -0.15) is 0 Å². The molecule has 0 spiro atoms. The number of aromatic nitrogens is 2. The van der Waals surface area contributed by atoms with E-state index in [1.54, 1.807) is 6.20 Å². The van der Waals surface area contributed by atoms with Gasteiger partial charge in [0, 0.05) is 22.8 Å². The lowest BCUT2D eigenvalue weighted by atomic mass is 10.1. The van der Waals surface area contributed by atoms with Crippen molar-refractivity contribution in [3.63, 3.8) is 0 Å². The van der Waals surface area contributed by atoms with Crippen molar-refractivity contribution >= 4 is 27.5 Å². The zero-order chi connectivity index (χ0) is 10.7. The molecule has 0 saturated heterocycles. The molecule has 0 fully saturated rings. The smallest absolute Gasteiger partial charge is 0.110 e. The summed E-state index contributed by atoms with van der Waals surface area (Å²) in [6.07, 6.45) is 2.59. The summed E-state index contributed by atoms with van der Waals surface area (Å²) >= 11 is 9.09. The number of hydrogen-bond acceptors (Lipinski definition) is 1. The van der Waals surface area contributed by atoms with E-state index in [0.29, 0.717) is 5.88 Å². The molecule has 0 radical (unpaired) electrons. The van der Waals surface area contributed by atoms with E-state index in [9.17, 15) is 0 Å². The van der Waals surface area contributed by atoms with Crippen LogP contribution in [0.2, 0.25) is 0 Å². The monoisotopic (exact) mass is 284 g/mol. The molecule has 0 aliphatic rings. The Bertz CT molecular complexity index is 436. The Morgan fingerprint density at radius 1 is 1.27 bits per heavy atom. The molecule has 4 heteroatoms. The molecule has 0 bridgehead atoms. The zero-order valence-electron chi connectivity index (χ0n) is 8.00. The predicted octanol–water partition coefficient (Wildman–Crippen LogP) is 3.50. The molecule has 2 nitrogen and oxygen atoms in total. The summed E-state index contributed by atoms with van der Waals surface area (Å²) in [4.78, 5) is 7.42. The first kappa shape index (κ1) is 10.7. The van der Waals surface area contributed by atoms with Gasteiger partial charge < -0.3 is 4.98 Å². The fraction of sp³-hybridized carbons (Fsp3) is 0.182. The molecule has 1 aromatic heterocycles. The van der Waals surface area contributed by atoms with Crippen molar-refractivity contribution in [3.05, 3.63) is 52.0 Å². The Balaban J connectivity index is 2.11. The highest BCUT2D eigenvalue weighted by Crippen LogP contribution is 2.13. The Morgan fingerprint density at radius 3 is 2.60 bits per heavy atom. The molecule has 1 aromatic carbocycles. The van der Waals surface area contributed by atoms with E-state index >= 15 is 0 Å². The van der Waals surface area contributed by atoms with Crippen LogP contribution in [-0.2, 0) is 12.3 Å². The van der Waals surface area contributed by atoms with Crippen LogP contribution < -0.4 is 0 Å². The lowest BCUT2D eigenvalue weighted by Crippen LogP contribution is -1.90. The molecule has 2 rings (SSSR count). The summed E-state index contributed by atoms with van der Waals surface area (Å²) in [6, 6.07) is 8.21. The molecule has 15 heavy (non-hydrogen) atoms. The van der Waals surface area contributed by atoms with Crippen molar-refractivity contribution < 1.29 is 0 Å². The van der Waals surface area contributed by atoms with E-state index in [0.717, 1.165) is 22.4 Å². The quantitative estimate of drug-likeness (QED) is 0.859. The minimum absolute atomic E-state index is 0.480.